The molecular weight excluding hydrogens is 1100 g/mol. The Kier molecular flexibility index (Phi) is 39.5. The van der Waals surface area contributed by atoms with Crippen molar-refractivity contribution in [3.05, 3.63) is 12.3 Å². The lowest BCUT2D eigenvalue weighted by Gasteiger charge is -2.28. The summed E-state index contributed by atoms with van der Waals surface area (Å²) in [6.45, 7) is 17.4. The number of aliphatic imine (C=N–C) groups is 1. The van der Waals surface area contributed by atoms with Crippen LogP contribution in [0.4, 0.5) is 0 Å². The van der Waals surface area contributed by atoms with Gasteiger partial charge in [0.1, 0.15) is 6.04 Å². The topological polar surface area (TPSA) is 483 Å². The summed E-state index contributed by atoms with van der Waals surface area (Å²) in [7, 11) is 0. The standard InChI is InChI=1S/C59H107N13O13/c1-33(2)27-42(57(84)71-45(19-12-15-25-62)51(79)32-44(37(7)73)58(85)72-54(38(8)74)52(80)31-43(34(3)4)35(5)63)30-48(76)36(6)68-55(82)40(17-10-13-23-60)28-49(77)46(20-16-26-67-59(65)66)70-56(83)41(18-11-14-24-61)29-50(78)47(69-39(9)75)21-22-53(64)81/h33-34,36-38,40-47,54,73-74H,5,10-32,60-63H2,1-4,6-9H3,(H2,64,81)(H,68,82)(H,69,75)(H,70,83)(H,71,84)(H,72,85)(H4,65,66,67)/t36-,37+,38+,40+,41+,42+,43-,44-,45-,46-,47-,54-/m0/s1. The molecule has 0 aromatic carbocycles. The number of Topliss-reactive ketones (excluding diaryl/α,β-unsaturated/α-hetero) is 5. The number of nitrogens with zero attached hydrogens (tertiary/aromatic N) is 1. The summed E-state index contributed by atoms with van der Waals surface area (Å²) in [5.41, 5.74) is 39.9. The minimum atomic E-state index is -1.41. The van der Waals surface area contributed by atoms with E-state index in [1.165, 1.54) is 27.7 Å². The third kappa shape index (κ3) is 32.8. The quantitative estimate of drug-likeness (QED) is 0.0216. The number of guanidine groups is 1. The fourth-order valence-electron chi connectivity index (χ4n) is 9.93. The van der Waals surface area contributed by atoms with E-state index in [4.69, 9.17) is 40.1 Å². The molecule has 486 valence electrons. The molecule has 0 rings (SSSR count). The zero-order chi connectivity index (χ0) is 65.1. The first-order valence-electron chi connectivity index (χ1n) is 30.2. The summed E-state index contributed by atoms with van der Waals surface area (Å²) in [5, 5.41) is 34.8. The lowest BCUT2D eigenvalue weighted by molar-refractivity contribution is -0.138. The van der Waals surface area contributed by atoms with E-state index in [9.17, 15) is 63.0 Å². The van der Waals surface area contributed by atoms with Gasteiger partial charge < -0.3 is 76.9 Å². The van der Waals surface area contributed by atoms with Crippen molar-refractivity contribution in [3.63, 3.8) is 0 Å². The van der Waals surface area contributed by atoms with Crippen LogP contribution < -0.4 is 66.7 Å². The van der Waals surface area contributed by atoms with Gasteiger partial charge in [0, 0.05) is 81.4 Å². The van der Waals surface area contributed by atoms with Crippen LogP contribution in [0.1, 0.15) is 177 Å². The second kappa shape index (κ2) is 42.6. The van der Waals surface area contributed by atoms with Crippen molar-refractivity contribution in [2.45, 2.75) is 220 Å². The first kappa shape index (κ1) is 78.8. The van der Waals surface area contributed by atoms with Crippen molar-refractivity contribution in [1.82, 2.24) is 26.6 Å². The van der Waals surface area contributed by atoms with E-state index in [1.54, 1.807) is 0 Å². The molecule has 26 nitrogen and oxygen atoms in total. The van der Waals surface area contributed by atoms with Crippen molar-refractivity contribution in [1.29, 1.82) is 0 Å². The molecule has 26 heteroatoms. The van der Waals surface area contributed by atoms with Crippen LogP contribution in [0.5, 0.6) is 0 Å². The number of nitrogens with two attached hydrogens (primary N) is 7. The van der Waals surface area contributed by atoms with E-state index >= 15 is 0 Å². The van der Waals surface area contributed by atoms with Crippen molar-refractivity contribution >= 4 is 70.3 Å². The highest BCUT2D eigenvalue weighted by atomic mass is 16.3. The fourth-order valence-corrected chi connectivity index (χ4v) is 9.93. The molecule has 0 aliphatic carbocycles. The second-order valence-electron chi connectivity index (χ2n) is 23.5. The average Bonchev–Trinajstić information content (AvgIpc) is 3.44. The van der Waals surface area contributed by atoms with Gasteiger partial charge in [-0.2, -0.15) is 0 Å². The second-order valence-corrected chi connectivity index (χ2v) is 23.5. The molecule has 0 spiro atoms. The van der Waals surface area contributed by atoms with E-state index in [0.717, 1.165) is 0 Å². The summed E-state index contributed by atoms with van der Waals surface area (Å²) in [4.78, 5) is 154. The number of ketones is 5. The lowest BCUT2D eigenvalue weighted by atomic mass is 9.85. The largest absolute Gasteiger partial charge is 0.402 e. The number of rotatable bonds is 49. The zero-order valence-corrected chi connectivity index (χ0v) is 51.9. The third-order valence-electron chi connectivity index (χ3n) is 15.0. The van der Waals surface area contributed by atoms with Crippen LogP contribution in [0.25, 0.3) is 0 Å². The van der Waals surface area contributed by atoms with Gasteiger partial charge in [0.2, 0.25) is 35.4 Å². The number of aliphatic hydroxyl groups is 2. The Labute approximate surface area is 503 Å². The molecule has 0 radical (unpaired) electrons. The van der Waals surface area contributed by atoms with Gasteiger partial charge in [-0.15, -0.1) is 0 Å². The number of hydrogen-bond acceptors (Lipinski definition) is 18. The Balaban J connectivity index is 6.77. The number of hydrogen-bond donors (Lipinski definition) is 14. The molecule has 0 saturated carbocycles. The first-order valence-corrected chi connectivity index (χ1v) is 30.2. The number of unbranched alkanes of at least 4 members (excludes halogenated alkanes) is 3. The number of allylic oxidation sites excluding steroid dienone is 1. The number of amides is 6. The SMILES string of the molecule is C=C(N)[C@@H](CC(=O)[C@@H](NC(=O)[C@@H](CC(=O)[C@H](CCCCN)NC(=O)[C@@H](CC(=O)[C@H](C)NC(=O)[C@H](CCCCN)CC(=O)[C@H](CCCN=C(N)N)NC(=O)[C@H](CCCCN)CC(=O)[C@H](CCC(N)=O)NC(C)=O)CC(C)C)[C@@H](C)O)[C@@H](C)O)C(C)C. The summed E-state index contributed by atoms with van der Waals surface area (Å²) in [6, 6.07) is -6.07. The van der Waals surface area contributed by atoms with Crippen LogP contribution >= 0.6 is 0 Å². The average molecular weight is 1210 g/mol. The zero-order valence-electron chi connectivity index (χ0n) is 51.9. The molecule has 0 saturated heterocycles. The lowest BCUT2D eigenvalue weighted by Crippen LogP contribution is -2.52. The van der Waals surface area contributed by atoms with Gasteiger partial charge in [0.25, 0.3) is 0 Å². The summed E-state index contributed by atoms with van der Waals surface area (Å²) in [5.74, 6) is -12.1. The first-order chi connectivity index (χ1) is 39.8. The monoisotopic (exact) mass is 1210 g/mol. The maximum absolute atomic E-state index is 14.4. The molecule has 0 aromatic heterocycles. The summed E-state index contributed by atoms with van der Waals surface area (Å²) >= 11 is 0. The van der Waals surface area contributed by atoms with E-state index in [-0.39, 0.29) is 114 Å². The molecule has 0 heterocycles. The number of aliphatic hydroxyl groups excluding tert-OH is 2. The molecule has 85 heavy (non-hydrogen) atoms. The van der Waals surface area contributed by atoms with Crippen molar-refractivity contribution in [2.24, 2.45) is 86.6 Å². The highest BCUT2D eigenvalue weighted by Gasteiger charge is 2.38. The van der Waals surface area contributed by atoms with Gasteiger partial charge in [-0.05, 0) is 123 Å². The van der Waals surface area contributed by atoms with Gasteiger partial charge in [-0.3, -0.25) is 57.7 Å². The Morgan fingerprint density at radius 3 is 1.33 bits per heavy atom. The number of carbonyl (C=O) groups excluding carboxylic acids is 11. The summed E-state index contributed by atoms with van der Waals surface area (Å²) in [6.07, 6.45) is -1.28. The smallest absolute Gasteiger partial charge is 0.226 e. The molecule has 0 aliphatic heterocycles. The minimum absolute atomic E-state index is 0.0258. The van der Waals surface area contributed by atoms with Crippen LogP contribution in [0.15, 0.2) is 17.3 Å². The van der Waals surface area contributed by atoms with Crippen molar-refractivity contribution in [2.75, 3.05) is 26.2 Å². The normalized spacial score (nSPS) is 15.7. The van der Waals surface area contributed by atoms with Crippen LogP contribution in [-0.2, 0) is 52.7 Å². The Hall–Kier alpha value is -6.22. The minimum Gasteiger partial charge on any atom is -0.402 e. The van der Waals surface area contributed by atoms with Gasteiger partial charge in [-0.25, -0.2) is 0 Å². The highest BCUT2D eigenvalue weighted by molar-refractivity contribution is 5.98. The molecule has 0 unspecified atom stereocenters. The third-order valence-corrected chi connectivity index (χ3v) is 15.0. The Morgan fingerprint density at radius 1 is 0.471 bits per heavy atom. The molecule has 6 amide bonds. The van der Waals surface area contributed by atoms with Gasteiger partial charge >= 0.3 is 0 Å². The molecule has 0 fully saturated rings. The molecule has 12 atom stereocenters. The number of carbonyl (C=O) groups is 11. The van der Waals surface area contributed by atoms with Crippen LogP contribution in [0, 0.1) is 41.4 Å². The van der Waals surface area contributed by atoms with Crippen LogP contribution in [-0.4, -0.2) is 149 Å². The molecule has 0 aliphatic rings. The Morgan fingerprint density at radius 2 is 0.906 bits per heavy atom. The maximum Gasteiger partial charge on any atom is 0.226 e. The van der Waals surface area contributed by atoms with Crippen LogP contribution in [0.2, 0.25) is 0 Å². The molecular formula is C59H107N13O13. The Bertz CT molecular complexity index is 2200. The van der Waals surface area contributed by atoms with E-state index < -0.39 is 149 Å². The molecule has 0 aromatic rings. The molecule has 21 N–H and O–H groups in total. The highest BCUT2D eigenvalue weighted by Crippen LogP contribution is 2.25. The fraction of sp³-hybridized carbons (Fsp3) is 0.763. The van der Waals surface area contributed by atoms with Gasteiger partial charge in [0.15, 0.2) is 34.9 Å². The predicted octanol–water partition coefficient (Wildman–Crippen LogP) is -0.0306. The number of primary amides is 1. The van der Waals surface area contributed by atoms with Gasteiger partial charge in [0.05, 0.1) is 42.3 Å². The van der Waals surface area contributed by atoms with Crippen LogP contribution in [0.3, 0.4) is 0 Å². The van der Waals surface area contributed by atoms with E-state index in [2.05, 4.69) is 38.2 Å². The number of nitrogens with one attached hydrogen (secondary N) is 5. The van der Waals surface area contributed by atoms with E-state index in [0.29, 0.717) is 45.1 Å². The van der Waals surface area contributed by atoms with Crippen molar-refractivity contribution < 1.29 is 63.0 Å². The summed E-state index contributed by atoms with van der Waals surface area (Å²) < 4.78 is 0. The van der Waals surface area contributed by atoms with Gasteiger partial charge in [-0.1, -0.05) is 47.1 Å². The molecule has 0 bridgehead atoms. The maximum atomic E-state index is 14.4. The predicted molar refractivity (Wildman–Crippen MR) is 325 cm³/mol. The van der Waals surface area contributed by atoms with Crippen molar-refractivity contribution in [3.8, 4) is 0 Å². The van der Waals surface area contributed by atoms with E-state index in [1.807, 2.05) is 27.7 Å².